The molecule has 1 aliphatic heterocycles. The van der Waals surface area contributed by atoms with E-state index >= 15 is 0 Å². The molecule has 0 aromatic heterocycles. The first-order valence-corrected chi connectivity index (χ1v) is 7.89. The molecule has 1 fully saturated rings. The molecule has 0 atom stereocenters. The van der Waals surface area contributed by atoms with Crippen molar-refractivity contribution in [2.75, 3.05) is 31.1 Å². The van der Waals surface area contributed by atoms with Crippen molar-refractivity contribution < 1.29 is 19.2 Å². The van der Waals surface area contributed by atoms with Crippen molar-refractivity contribution in [2.24, 2.45) is 5.73 Å². The standard InChI is InChI=1S/C16H22N4O5/c1-16(2,3)25-15(22)19-8-6-18(7-9-19)13-5-4-11(20(23)24)10-12(13)14(17)21/h4-5,10H,6-9H2,1-3H3,(H2,17,21). The molecule has 1 aliphatic rings. The summed E-state index contributed by atoms with van der Waals surface area (Å²) in [5.41, 5.74) is 5.24. The van der Waals surface area contributed by atoms with E-state index in [1.807, 2.05) is 4.90 Å². The number of non-ortho nitro benzene ring substituents is 1. The SMILES string of the molecule is CC(C)(C)OC(=O)N1CCN(c2ccc([N+](=O)[O-])cc2C(N)=O)CC1. The lowest BCUT2D eigenvalue weighted by Gasteiger charge is -2.37. The third-order valence-electron chi connectivity index (χ3n) is 3.73. The lowest BCUT2D eigenvalue weighted by Crippen LogP contribution is -2.50. The van der Waals surface area contributed by atoms with Gasteiger partial charge in [0.25, 0.3) is 11.6 Å². The van der Waals surface area contributed by atoms with E-state index in [0.29, 0.717) is 31.9 Å². The number of anilines is 1. The van der Waals surface area contributed by atoms with E-state index in [-0.39, 0.29) is 17.3 Å². The summed E-state index contributed by atoms with van der Waals surface area (Å²) in [7, 11) is 0. The molecule has 25 heavy (non-hydrogen) atoms. The summed E-state index contributed by atoms with van der Waals surface area (Å²) >= 11 is 0. The smallest absolute Gasteiger partial charge is 0.410 e. The molecule has 2 N–H and O–H groups in total. The number of nitrogens with two attached hydrogens (primary N) is 1. The Morgan fingerprint density at radius 3 is 2.28 bits per heavy atom. The van der Waals surface area contributed by atoms with Gasteiger partial charge in [-0.05, 0) is 26.8 Å². The van der Waals surface area contributed by atoms with Crippen molar-refractivity contribution in [3.63, 3.8) is 0 Å². The highest BCUT2D eigenvalue weighted by Crippen LogP contribution is 2.26. The van der Waals surface area contributed by atoms with Gasteiger partial charge in [-0.2, -0.15) is 0 Å². The Labute approximate surface area is 145 Å². The van der Waals surface area contributed by atoms with Crippen molar-refractivity contribution in [1.82, 2.24) is 4.90 Å². The molecule has 9 heteroatoms. The van der Waals surface area contributed by atoms with Crippen LogP contribution < -0.4 is 10.6 Å². The molecule has 0 radical (unpaired) electrons. The van der Waals surface area contributed by atoms with E-state index in [1.54, 1.807) is 25.7 Å². The number of nitro benzene ring substituents is 1. The van der Waals surface area contributed by atoms with Gasteiger partial charge in [-0.15, -0.1) is 0 Å². The maximum absolute atomic E-state index is 12.1. The molecule has 1 aromatic rings. The van der Waals surface area contributed by atoms with Crippen molar-refractivity contribution in [2.45, 2.75) is 26.4 Å². The molecule has 1 saturated heterocycles. The molecule has 9 nitrogen and oxygen atoms in total. The highest BCUT2D eigenvalue weighted by atomic mass is 16.6. The Hall–Kier alpha value is -2.84. The molecule has 1 aromatic carbocycles. The Balaban J connectivity index is 2.11. The maximum atomic E-state index is 12.1. The predicted molar refractivity (Wildman–Crippen MR) is 91.6 cm³/mol. The number of nitro groups is 1. The van der Waals surface area contributed by atoms with Crippen molar-refractivity contribution in [1.29, 1.82) is 0 Å². The van der Waals surface area contributed by atoms with Crippen LogP contribution in [0, 0.1) is 10.1 Å². The zero-order valence-corrected chi connectivity index (χ0v) is 14.5. The first kappa shape index (κ1) is 18.5. The Morgan fingerprint density at radius 2 is 1.80 bits per heavy atom. The van der Waals surface area contributed by atoms with Crippen LogP contribution in [-0.4, -0.2) is 53.6 Å². The van der Waals surface area contributed by atoms with Gasteiger partial charge in [-0.1, -0.05) is 0 Å². The summed E-state index contributed by atoms with van der Waals surface area (Å²) in [4.78, 5) is 37.5. The summed E-state index contributed by atoms with van der Waals surface area (Å²) in [5.74, 6) is -0.728. The molecule has 0 bridgehead atoms. The van der Waals surface area contributed by atoms with Gasteiger partial charge in [0.15, 0.2) is 0 Å². The first-order valence-electron chi connectivity index (χ1n) is 7.89. The molecule has 136 valence electrons. The average molecular weight is 350 g/mol. The minimum Gasteiger partial charge on any atom is -0.444 e. The van der Waals surface area contributed by atoms with Gasteiger partial charge in [-0.25, -0.2) is 4.79 Å². The predicted octanol–water partition coefficient (Wildman–Crippen LogP) is 1.75. The number of carbonyl (C=O) groups is 2. The number of primary amides is 1. The van der Waals surface area contributed by atoms with Gasteiger partial charge in [0, 0.05) is 38.3 Å². The number of hydrogen-bond donors (Lipinski definition) is 1. The molecular formula is C16H22N4O5. The fourth-order valence-electron chi connectivity index (χ4n) is 2.57. The average Bonchev–Trinajstić information content (AvgIpc) is 2.52. The second kappa shape index (κ2) is 6.96. The van der Waals surface area contributed by atoms with Crippen LogP contribution in [-0.2, 0) is 4.74 Å². The monoisotopic (exact) mass is 350 g/mol. The number of hydrogen-bond acceptors (Lipinski definition) is 6. The van der Waals surface area contributed by atoms with Crippen LogP contribution in [0.4, 0.5) is 16.2 Å². The fourth-order valence-corrected chi connectivity index (χ4v) is 2.57. The quantitative estimate of drug-likeness (QED) is 0.655. The highest BCUT2D eigenvalue weighted by Gasteiger charge is 2.27. The summed E-state index contributed by atoms with van der Waals surface area (Å²) < 4.78 is 5.34. The summed E-state index contributed by atoms with van der Waals surface area (Å²) in [6.45, 7) is 7.19. The third-order valence-corrected chi connectivity index (χ3v) is 3.73. The molecule has 0 saturated carbocycles. The van der Waals surface area contributed by atoms with Gasteiger partial charge < -0.3 is 20.3 Å². The number of nitrogens with zero attached hydrogens (tertiary/aromatic N) is 3. The first-order chi connectivity index (χ1) is 11.6. The van der Waals surface area contributed by atoms with E-state index in [0.717, 1.165) is 0 Å². The fraction of sp³-hybridized carbons (Fsp3) is 0.500. The van der Waals surface area contributed by atoms with Gasteiger partial charge >= 0.3 is 6.09 Å². The minimum atomic E-state index is -0.728. The van der Waals surface area contributed by atoms with Crippen molar-refractivity contribution in [3.05, 3.63) is 33.9 Å². The molecular weight excluding hydrogens is 328 g/mol. The van der Waals surface area contributed by atoms with E-state index in [4.69, 9.17) is 10.5 Å². The van der Waals surface area contributed by atoms with Crippen LogP contribution in [0.15, 0.2) is 18.2 Å². The maximum Gasteiger partial charge on any atom is 0.410 e. The van der Waals surface area contributed by atoms with E-state index in [2.05, 4.69) is 0 Å². The van der Waals surface area contributed by atoms with E-state index < -0.39 is 16.4 Å². The van der Waals surface area contributed by atoms with E-state index in [1.165, 1.54) is 18.2 Å². The summed E-state index contributed by atoms with van der Waals surface area (Å²) in [5, 5.41) is 10.9. The normalized spacial score (nSPS) is 15.0. The second-order valence-electron chi connectivity index (χ2n) is 6.78. The van der Waals surface area contributed by atoms with Gasteiger partial charge in [-0.3, -0.25) is 14.9 Å². The zero-order valence-electron chi connectivity index (χ0n) is 14.5. The Kier molecular flexibility index (Phi) is 5.15. The summed E-state index contributed by atoms with van der Waals surface area (Å²) in [6.07, 6.45) is -0.383. The van der Waals surface area contributed by atoms with Gasteiger partial charge in [0.05, 0.1) is 16.2 Å². The zero-order chi connectivity index (χ0) is 18.8. The Morgan fingerprint density at radius 1 is 1.20 bits per heavy atom. The number of ether oxygens (including phenoxy) is 1. The van der Waals surface area contributed by atoms with Crippen LogP contribution in [0.25, 0.3) is 0 Å². The van der Waals surface area contributed by atoms with Crippen LogP contribution in [0.2, 0.25) is 0 Å². The number of benzene rings is 1. The topological polar surface area (TPSA) is 119 Å². The van der Waals surface area contributed by atoms with Crippen molar-refractivity contribution >= 4 is 23.4 Å². The third kappa shape index (κ3) is 4.59. The van der Waals surface area contributed by atoms with Crippen LogP contribution in [0.5, 0.6) is 0 Å². The molecule has 2 amide bonds. The lowest BCUT2D eigenvalue weighted by atomic mass is 10.1. The number of rotatable bonds is 3. The second-order valence-corrected chi connectivity index (χ2v) is 6.78. The number of carbonyl (C=O) groups excluding carboxylic acids is 2. The van der Waals surface area contributed by atoms with E-state index in [9.17, 15) is 19.7 Å². The molecule has 1 heterocycles. The molecule has 0 aliphatic carbocycles. The lowest BCUT2D eigenvalue weighted by molar-refractivity contribution is -0.384. The summed E-state index contributed by atoms with van der Waals surface area (Å²) in [6, 6.07) is 4.03. The molecule has 0 unspecified atom stereocenters. The van der Waals surface area contributed by atoms with Crippen LogP contribution in [0.1, 0.15) is 31.1 Å². The largest absolute Gasteiger partial charge is 0.444 e. The van der Waals surface area contributed by atoms with Gasteiger partial charge in [0.1, 0.15) is 5.60 Å². The van der Waals surface area contributed by atoms with Crippen LogP contribution in [0.3, 0.4) is 0 Å². The van der Waals surface area contributed by atoms with Crippen molar-refractivity contribution in [3.8, 4) is 0 Å². The minimum absolute atomic E-state index is 0.0971. The number of piperazine rings is 1. The van der Waals surface area contributed by atoms with Gasteiger partial charge in [0.2, 0.25) is 0 Å². The molecule has 0 spiro atoms. The number of amides is 2. The Bertz CT molecular complexity index is 690. The van der Waals surface area contributed by atoms with Crippen LogP contribution >= 0.6 is 0 Å². The highest BCUT2D eigenvalue weighted by molar-refractivity contribution is 5.99. The molecule has 2 rings (SSSR count).